The highest BCUT2D eigenvalue weighted by Crippen LogP contribution is 2.34. The number of furan rings is 1. The van der Waals surface area contributed by atoms with Gasteiger partial charge in [-0.3, -0.25) is 0 Å². The fourth-order valence-corrected chi connectivity index (χ4v) is 2.56. The molecule has 0 amide bonds. The normalized spacial score (nSPS) is 11.3. The van der Waals surface area contributed by atoms with Crippen LogP contribution in [0, 0.1) is 6.92 Å². The van der Waals surface area contributed by atoms with Crippen molar-refractivity contribution < 1.29 is 4.42 Å². The van der Waals surface area contributed by atoms with Crippen molar-refractivity contribution in [1.82, 2.24) is 5.32 Å². The number of hydrogen-bond donors (Lipinski definition) is 1. The monoisotopic (exact) mass is 265 g/mol. The van der Waals surface area contributed by atoms with Gasteiger partial charge < -0.3 is 9.73 Å². The minimum atomic E-state index is 0.774. The van der Waals surface area contributed by atoms with E-state index in [2.05, 4.69) is 26.1 Å². The molecule has 0 bridgehead atoms. The molecule has 2 rings (SSSR count). The molecule has 98 valence electrons. The van der Waals surface area contributed by atoms with Crippen molar-refractivity contribution in [3.05, 3.63) is 34.0 Å². The molecule has 1 aromatic heterocycles. The molecule has 0 fully saturated rings. The number of rotatable bonds is 5. The number of benzene rings is 1. The van der Waals surface area contributed by atoms with Gasteiger partial charge in [0.25, 0.3) is 0 Å². The van der Waals surface area contributed by atoms with E-state index in [0.29, 0.717) is 0 Å². The minimum absolute atomic E-state index is 0.774. The van der Waals surface area contributed by atoms with Crippen LogP contribution in [-0.2, 0) is 13.0 Å². The maximum Gasteiger partial charge on any atom is 0.139 e. The van der Waals surface area contributed by atoms with Crippen molar-refractivity contribution in [3.63, 3.8) is 0 Å². The van der Waals surface area contributed by atoms with Crippen LogP contribution in [0.15, 0.2) is 16.5 Å². The van der Waals surface area contributed by atoms with Crippen LogP contribution >= 0.6 is 11.6 Å². The summed E-state index contributed by atoms with van der Waals surface area (Å²) in [6.07, 6.45) is 2.11. The van der Waals surface area contributed by atoms with Crippen molar-refractivity contribution in [2.24, 2.45) is 0 Å². The SMILES string of the molecule is CCCc1c(CNCC)oc2c(C)ccc(Cl)c12. The Kier molecular flexibility index (Phi) is 4.31. The molecule has 0 aliphatic rings. The summed E-state index contributed by atoms with van der Waals surface area (Å²) in [6, 6.07) is 3.98. The number of nitrogens with one attached hydrogen (secondary N) is 1. The molecule has 1 heterocycles. The Morgan fingerprint density at radius 1 is 1.28 bits per heavy atom. The predicted octanol–water partition coefficient (Wildman–Crippen LogP) is 4.46. The average Bonchev–Trinajstić information content (AvgIpc) is 2.72. The Morgan fingerprint density at radius 2 is 2.06 bits per heavy atom. The zero-order valence-corrected chi connectivity index (χ0v) is 12.0. The first-order valence-corrected chi connectivity index (χ1v) is 6.96. The van der Waals surface area contributed by atoms with E-state index in [-0.39, 0.29) is 0 Å². The lowest BCUT2D eigenvalue weighted by molar-refractivity contribution is 0.511. The van der Waals surface area contributed by atoms with Crippen LogP contribution in [-0.4, -0.2) is 6.54 Å². The number of hydrogen-bond acceptors (Lipinski definition) is 2. The van der Waals surface area contributed by atoms with Crippen LogP contribution in [0.2, 0.25) is 5.02 Å². The third-order valence-electron chi connectivity index (χ3n) is 3.20. The Bertz CT molecular complexity index is 545. The molecule has 0 saturated carbocycles. The minimum Gasteiger partial charge on any atom is -0.459 e. The largest absolute Gasteiger partial charge is 0.459 e. The molecular formula is C15H20ClNO. The van der Waals surface area contributed by atoms with E-state index in [4.69, 9.17) is 16.0 Å². The number of fused-ring (bicyclic) bond motifs is 1. The van der Waals surface area contributed by atoms with Crippen LogP contribution < -0.4 is 5.32 Å². The maximum atomic E-state index is 6.34. The molecule has 0 saturated heterocycles. The van der Waals surface area contributed by atoms with Crippen LogP contribution in [0.3, 0.4) is 0 Å². The summed E-state index contributed by atoms with van der Waals surface area (Å²) < 4.78 is 6.02. The van der Waals surface area contributed by atoms with Gasteiger partial charge in [-0.1, -0.05) is 37.9 Å². The topological polar surface area (TPSA) is 25.2 Å². The molecule has 2 aromatic rings. The first-order valence-electron chi connectivity index (χ1n) is 6.59. The molecule has 18 heavy (non-hydrogen) atoms. The maximum absolute atomic E-state index is 6.34. The number of aryl methyl sites for hydroxylation is 2. The summed E-state index contributed by atoms with van der Waals surface area (Å²) in [6.45, 7) is 8.06. The highest BCUT2D eigenvalue weighted by Gasteiger charge is 2.17. The second-order valence-electron chi connectivity index (χ2n) is 4.60. The van der Waals surface area contributed by atoms with Crippen LogP contribution in [0.4, 0.5) is 0 Å². The fourth-order valence-electron chi connectivity index (χ4n) is 2.30. The predicted molar refractivity (Wildman–Crippen MR) is 77.3 cm³/mol. The smallest absolute Gasteiger partial charge is 0.139 e. The highest BCUT2D eigenvalue weighted by molar-refractivity contribution is 6.35. The van der Waals surface area contributed by atoms with Crippen molar-refractivity contribution in [2.45, 2.75) is 40.2 Å². The average molecular weight is 266 g/mol. The lowest BCUT2D eigenvalue weighted by Crippen LogP contribution is -2.12. The summed E-state index contributed by atoms with van der Waals surface area (Å²) in [7, 11) is 0. The zero-order chi connectivity index (χ0) is 13.1. The van der Waals surface area contributed by atoms with Gasteiger partial charge in [0.05, 0.1) is 11.6 Å². The molecule has 0 aliphatic heterocycles. The van der Waals surface area contributed by atoms with Gasteiger partial charge in [0.15, 0.2) is 0 Å². The summed E-state index contributed by atoms with van der Waals surface area (Å²) in [5.74, 6) is 1.03. The summed E-state index contributed by atoms with van der Waals surface area (Å²) in [5, 5.41) is 5.23. The summed E-state index contributed by atoms with van der Waals surface area (Å²) >= 11 is 6.34. The van der Waals surface area contributed by atoms with Gasteiger partial charge in [0.1, 0.15) is 11.3 Å². The highest BCUT2D eigenvalue weighted by atomic mass is 35.5. The molecule has 0 aliphatic carbocycles. The molecule has 1 aromatic carbocycles. The van der Waals surface area contributed by atoms with Gasteiger partial charge in [0, 0.05) is 10.9 Å². The molecule has 0 unspecified atom stereocenters. The third-order valence-corrected chi connectivity index (χ3v) is 3.52. The lowest BCUT2D eigenvalue weighted by Gasteiger charge is -2.02. The summed E-state index contributed by atoms with van der Waals surface area (Å²) in [5.41, 5.74) is 3.36. The third kappa shape index (κ3) is 2.40. The Balaban J connectivity index is 2.59. The van der Waals surface area contributed by atoms with E-state index in [9.17, 15) is 0 Å². The quantitative estimate of drug-likeness (QED) is 0.864. The Morgan fingerprint density at radius 3 is 2.72 bits per heavy atom. The van der Waals surface area contributed by atoms with Gasteiger partial charge in [-0.2, -0.15) is 0 Å². The van der Waals surface area contributed by atoms with E-state index in [0.717, 1.165) is 53.2 Å². The summed E-state index contributed by atoms with van der Waals surface area (Å²) in [4.78, 5) is 0. The second kappa shape index (κ2) is 5.77. The van der Waals surface area contributed by atoms with Crippen molar-refractivity contribution in [1.29, 1.82) is 0 Å². The Labute approximate surface area is 113 Å². The molecule has 1 N–H and O–H groups in total. The van der Waals surface area contributed by atoms with Crippen molar-refractivity contribution >= 4 is 22.6 Å². The molecule has 3 heteroatoms. The second-order valence-corrected chi connectivity index (χ2v) is 5.01. The van der Waals surface area contributed by atoms with Crippen LogP contribution in [0.1, 0.15) is 37.2 Å². The fraction of sp³-hybridized carbons (Fsp3) is 0.467. The Hall–Kier alpha value is -0.990. The van der Waals surface area contributed by atoms with E-state index in [1.807, 2.05) is 12.1 Å². The van der Waals surface area contributed by atoms with Crippen LogP contribution in [0.25, 0.3) is 11.0 Å². The first-order chi connectivity index (χ1) is 8.69. The van der Waals surface area contributed by atoms with Crippen molar-refractivity contribution in [3.8, 4) is 0 Å². The van der Waals surface area contributed by atoms with E-state index >= 15 is 0 Å². The lowest BCUT2D eigenvalue weighted by atomic mass is 10.0. The van der Waals surface area contributed by atoms with E-state index in [1.54, 1.807) is 0 Å². The molecule has 0 atom stereocenters. The van der Waals surface area contributed by atoms with Gasteiger partial charge in [-0.15, -0.1) is 0 Å². The zero-order valence-electron chi connectivity index (χ0n) is 11.3. The number of halogens is 1. The molecular weight excluding hydrogens is 246 g/mol. The van der Waals surface area contributed by atoms with Gasteiger partial charge >= 0.3 is 0 Å². The van der Waals surface area contributed by atoms with Crippen molar-refractivity contribution in [2.75, 3.05) is 6.54 Å². The standard InChI is InChI=1S/C15H20ClNO/c1-4-6-11-13(9-17-5-2)18-15-10(3)7-8-12(16)14(11)15/h7-8,17H,4-6,9H2,1-3H3. The molecule has 0 radical (unpaired) electrons. The first kappa shape index (κ1) is 13.4. The van der Waals surface area contributed by atoms with E-state index < -0.39 is 0 Å². The van der Waals surface area contributed by atoms with Gasteiger partial charge in [-0.25, -0.2) is 0 Å². The van der Waals surface area contributed by atoms with Crippen LogP contribution in [0.5, 0.6) is 0 Å². The van der Waals surface area contributed by atoms with Gasteiger partial charge in [0.2, 0.25) is 0 Å². The molecule has 0 spiro atoms. The van der Waals surface area contributed by atoms with Gasteiger partial charge in [-0.05, 0) is 31.5 Å². The molecule has 2 nitrogen and oxygen atoms in total. The van der Waals surface area contributed by atoms with E-state index in [1.165, 1.54) is 5.56 Å².